The van der Waals surface area contributed by atoms with Gasteiger partial charge in [0, 0.05) is 16.7 Å². The van der Waals surface area contributed by atoms with Crippen LogP contribution in [0.1, 0.15) is 31.2 Å². The Morgan fingerprint density at radius 2 is 1.78 bits per heavy atom. The van der Waals surface area contributed by atoms with Crippen LogP contribution < -0.4 is 5.32 Å². The standard InChI is InChI=1S/C14H21Cl2NO/c15-13-6-5-12(14(16)11-13)7-9-17-8-3-1-2-4-10-18/h5-6,11,17-18H,1-4,7-10H2. The zero-order valence-electron chi connectivity index (χ0n) is 10.6. The number of unbranched alkanes of at least 4 members (excludes halogenated alkanes) is 3. The molecule has 0 amide bonds. The van der Waals surface area contributed by atoms with Crippen molar-refractivity contribution in [2.24, 2.45) is 0 Å². The van der Waals surface area contributed by atoms with Crippen LogP contribution >= 0.6 is 23.2 Å². The van der Waals surface area contributed by atoms with E-state index in [1.807, 2.05) is 12.1 Å². The van der Waals surface area contributed by atoms with Gasteiger partial charge < -0.3 is 10.4 Å². The Hall–Kier alpha value is -0.280. The Balaban J connectivity index is 2.07. The summed E-state index contributed by atoms with van der Waals surface area (Å²) in [6, 6.07) is 5.64. The van der Waals surface area contributed by atoms with E-state index < -0.39 is 0 Å². The maximum atomic E-state index is 8.64. The molecule has 0 radical (unpaired) electrons. The molecule has 0 aromatic heterocycles. The first-order valence-electron chi connectivity index (χ1n) is 6.49. The van der Waals surface area contributed by atoms with E-state index in [4.69, 9.17) is 28.3 Å². The third kappa shape index (κ3) is 6.60. The SMILES string of the molecule is OCCCCCCNCCc1ccc(Cl)cc1Cl. The number of nitrogens with one attached hydrogen (secondary N) is 1. The summed E-state index contributed by atoms with van der Waals surface area (Å²) >= 11 is 11.9. The molecule has 0 saturated carbocycles. The molecule has 0 bridgehead atoms. The topological polar surface area (TPSA) is 32.3 Å². The van der Waals surface area contributed by atoms with Crippen LogP contribution in [0.15, 0.2) is 18.2 Å². The van der Waals surface area contributed by atoms with Crippen molar-refractivity contribution in [2.45, 2.75) is 32.1 Å². The minimum atomic E-state index is 0.308. The van der Waals surface area contributed by atoms with Gasteiger partial charge in [0.1, 0.15) is 0 Å². The van der Waals surface area contributed by atoms with Gasteiger partial charge >= 0.3 is 0 Å². The summed E-state index contributed by atoms with van der Waals surface area (Å²) in [5, 5.41) is 13.5. The Labute approximate surface area is 119 Å². The highest BCUT2D eigenvalue weighted by Crippen LogP contribution is 2.20. The number of rotatable bonds is 9. The Morgan fingerprint density at radius 3 is 2.50 bits per heavy atom. The van der Waals surface area contributed by atoms with Crippen LogP contribution in [0.4, 0.5) is 0 Å². The van der Waals surface area contributed by atoms with E-state index >= 15 is 0 Å². The zero-order valence-corrected chi connectivity index (χ0v) is 12.1. The fraction of sp³-hybridized carbons (Fsp3) is 0.571. The van der Waals surface area contributed by atoms with E-state index in [2.05, 4.69) is 5.32 Å². The van der Waals surface area contributed by atoms with E-state index in [0.29, 0.717) is 11.6 Å². The van der Waals surface area contributed by atoms with Gasteiger partial charge in [-0.05, 0) is 50.0 Å². The van der Waals surface area contributed by atoms with Gasteiger partial charge in [-0.1, -0.05) is 42.1 Å². The van der Waals surface area contributed by atoms with Crippen LogP contribution in [0.2, 0.25) is 10.0 Å². The van der Waals surface area contributed by atoms with E-state index in [1.165, 1.54) is 6.42 Å². The van der Waals surface area contributed by atoms with Crippen molar-refractivity contribution in [2.75, 3.05) is 19.7 Å². The van der Waals surface area contributed by atoms with Crippen LogP contribution in [0, 0.1) is 0 Å². The van der Waals surface area contributed by atoms with Gasteiger partial charge in [0.05, 0.1) is 0 Å². The molecule has 0 atom stereocenters. The molecule has 18 heavy (non-hydrogen) atoms. The second kappa shape index (κ2) is 9.62. The van der Waals surface area contributed by atoms with Crippen LogP contribution in [-0.4, -0.2) is 24.8 Å². The number of hydrogen-bond acceptors (Lipinski definition) is 2. The molecule has 0 fully saturated rings. The molecule has 0 aliphatic heterocycles. The molecule has 102 valence electrons. The lowest BCUT2D eigenvalue weighted by Gasteiger charge is -2.06. The third-order valence-corrected chi connectivity index (χ3v) is 3.43. The van der Waals surface area contributed by atoms with E-state index in [0.717, 1.165) is 49.4 Å². The van der Waals surface area contributed by atoms with Crippen molar-refractivity contribution in [3.63, 3.8) is 0 Å². The van der Waals surface area contributed by atoms with Gasteiger partial charge in [-0.15, -0.1) is 0 Å². The lowest BCUT2D eigenvalue weighted by molar-refractivity contribution is 0.282. The summed E-state index contributed by atoms with van der Waals surface area (Å²) in [6.45, 7) is 2.26. The zero-order chi connectivity index (χ0) is 13.2. The molecule has 0 saturated heterocycles. The number of benzene rings is 1. The summed E-state index contributed by atoms with van der Waals surface area (Å²) < 4.78 is 0. The minimum Gasteiger partial charge on any atom is -0.396 e. The monoisotopic (exact) mass is 289 g/mol. The van der Waals surface area contributed by atoms with Crippen molar-refractivity contribution in [3.8, 4) is 0 Å². The van der Waals surface area contributed by atoms with E-state index in [1.54, 1.807) is 6.07 Å². The molecular weight excluding hydrogens is 269 g/mol. The number of aliphatic hydroxyl groups is 1. The predicted octanol–water partition coefficient (Wildman–Crippen LogP) is 3.68. The molecule has 4 heteroatoms. The molecular formula is C14H21Cl2NO. The number of halogens is 2. The molecule has 2 N–H and O–H groups in total. The summed E-state index contributed by atoms with van der Waals surface area (Å²) in [5.41, 5.74) is 1.13. The average molecular weight is 290 g/mol. The van der Waals surface area contributed by atoms with Gasteiger partial charge in [0.2, 0.25) is 0 Å². The second-order valence-electron chi connectivity index (χ2n) is 4.37. The van der Waals surface area contributed by atoms with Gasteiger partial charge in [0.25, 0.3) is 0 Å². The molecule has 0 aliphatic carbocycles. The van der Waals surface area contributed by atoms with Gasteiger partial charge in [-0.25, -0.2) is 0 Å². The lowest BCUT2D eigenvalue weighted by Crippen LogP contribution is -2.18. The first-order chi connectivity index (χ1) is 8.74. The van der Waals surface area contributed by atoms with Crippen molar-refractivity contribution in [1.29, 1.82) is 0 Å². The van der Waals surface area contributed by atoms with Crippen LogP contribution in [0.5, 0.6) is 0 Å². The molecule has 1 aromatic rings. The molecule has 0 unspecified atom stereocenters. The van der Waals surface area contributed by atoms with E-state index in [-0.39, 0.29) is 0 Å². The molecule has 1 rings (SSSR count). The van der Waals surface area contributed by atoms with Gasteiger partial charge in [0.15, 0.2) is 0 Å². The highest BCUT2D eigenvalue weighted by Gasteiger charge is 2.00. The van der Waals surface area contributed by atoms with E-state index in [9.17, 15) is 0 Å². The Morgan fingerprint density at radius 1 is 1.00 bits per heavy atom. The predicted molar refractivity (Wildman–Crippen MR) is 78.6 cm³/mol. The first-order valence-corrected chi connectivity index (χ1v) is 7.25. The lowest BCUT2D eigenvalue weighted by atomic mass is 10.1. The largest absolute Gasteiger partial charge is 0.396 e. The quantitative estimate of drug-likeness (QED) is 0.680. The van der Waals surface area contributed by atoms with Crippen molar-refractivity contribution < 1.29 is 5.11 Å². The highest BCUT2D eigenvalue weighted by atomic mass is 35.5. The third-order valence-electron chi connectivity index (χ3n) is 2.85. The average Bonchev–Trinajstić information content (AvgIpc) is 2.35. The van der Waals surface area contributed by atoms with Crippen molar-refractivity contribution in [3.05, 3.63) is 33.8 Å². The molecule has 0 spiro atoms. The smallest absolute Gasteiger partial charge is 0.0453 e. The Bertz CT molecular complexity index is 345. The fourth-order valence-electron chi connectivity index (χ4n) is 1.79. The summed E-state index contributed by atoms with van der Waals surface area (Å²) in [4.78, 5) is 0. The highest BCUT2D eigenvalue weighted by molar-refractivity contribution is 6.35. The summed E-state index contributed by atoms with van der Waals surface area (Å²) in [7, 11) is 0. The number of aliphatic hydroxyl groups excluding tert-OH is 1. The first kappa shape index (κ1) is 15.8. The van der Waals surface area contributed by atoms with Crippen LogP contribution in [0.3, 0.4) is 0 Å². The number of hydrogen-bond donors (Lipinski definition) is 2. The maximum Gasteiger partial charge on any atom is 0.0453 e. The maximum absolute atomic E-state index is 8.64. The minimum absolute atomic E-state index is 0.308. The second-order valence-corrected chi connectivity index (χ2v) is 5.22. The normalized spacial score (nSPS) is 10.8. The molecule has 2 nitrogen and oxygen atoms in total. The van der Waals surface area contributed by atoms with Gasteiger partial charge in [-0.2, -0.15) is 0 Å². The Kier molecular flexibility index (Phi) is 8.44. The van der Waals surface area contributed by atoms with Crippen molar-refractivity contribution in [1.82, 2.24) is 5.32 Å². The molecule has 0 aliphatic rings. The van der Waals surface area contributed by atoms with Crippen LogP contribution in [0.25, 0.3) is 0 Å². The summed E-state index contributed by atoms with van der Waals surface area (Å²) in [6.07, 6.45) is 5.29. The molecule has 0 heterocycles. The summed E-state index contributed by atoms with van der Waals surface area (Å²) in [5.74, 6) is 0. The van der Waals surface area contributed by atoms with Crippen LogP contribution in [-0.2, 0) is 6.42 Å². The van der Waals surface area contributed by atoms with Crippen molar-refractivity contribution >= 4 is 23.2 Å². The fourth-order valence-corrected chi connectivity index (χ4v) is 2.29. The van der Waals surface area contributed by atoms with Gasteiger partial charge in [-0.3, -0.25) is 0 Å². The molecule has 1 aromatic carbocycles.